The molecule has 1 aliphatic heterocycles. The number of carbonyl (C=O) groups is 1. The van der Waals surface area contributed by atoms with Gasteiger partial charge >= 0.3 is 0 Å². The minimum atomic E-state index is -0.0973. The number of ketones is 1. The smallest absolute Gasteiger partial charge is 0.162 e. The SMILES string of the molecule is CC(=O)C1Sc2nc[nH]c2N1C. The second-order valence-corrected chi connectivity index (χ2v) is 3.82. The largest absolute Gasteiger partial charge is 0.340 e. The number of likely N-dealkylation sites (N-methyl/N-ethyl adjacent to an activating group) is 1. The lowest BCUT2D eigenvalue weighted by atomic mass is 10.4. The van der Waals surface area contributed by atoms with E-state index < -0.39 is 0 Å². The van der Waals surface area contributed by atoms with E-state index in [2.05, 4.69) is 9.97 Å². The summed E-state index contributed by atoms with van der Waals surface area (Å²) < 4.78 is 0. The molecule has 2 heterocycles. The lowest BCUT2D eigenvalue weighted by Gasteiger charge is -2.17. The van der Waals surface area contributed by atoms with Gasteiger partial charge in [-0.15, -0.1) is 0 Å². The van der Waals surface area contributed by atoms with E-state index in [-0.39, 0.29) is 11.2 Å². The molecule has 5 heteroatoms. The summed E-state index contributed by atoms with van der Waals surface area (Å²) in [7, 11) is 1.89. The fraction of sp³-hybridized carbons (Fsp3) is 0.429. The number of aromatic nitrogens is 2. The van der Waals surface area contributed by atoms with Crippen LogP contribution in [0.1, 0.15) is 6.92 Å². The van der Waals surface area contributed by atoms with Crippen LogP contribution in [-0.2, 0) is 4.79 Å². The Morgan fingerprint density at radius 3 is 3.17 bits per heavy atom. The van der Waals surface area contributed by atoms with E-state index >= 15 is 0 Å². The molecule has 4 nitrogen and oxygen atoms in total. The second kappa shape index (κ2) is 2.52. The zero-order chi connectivity index (χ0) is 8.72. The Labute approximate surface area is 74.4 Å². The highest BCUT2D eigenvalue weighted by Crippen LogP contribution is 2.39. The third kappa shape index (κ3) is 0.929. The number of anilines is 1. The number of nitrogens with zero attached hydrogens (tertiary/aromatic N) is 2. The molecule has 1 aromatic rings. The molecule has 0 saturated carbocycles. The monoisotopic (exact) mass is 183 g/mol. The van der Waals surface area contributed by atoms with Gasteiger partial charge in [-0.1, -0.05) is 11.8 Å². The van der Waals surface area contributed by atoms with Crippen LogP contribution in [0, 0.1) is 0 Å². The molecule has 1 atom stereocenters. The van der Waals surface area contributed by atoms with Crippen LogP contribution in [-0.4, -0.2) is 28.2 Å². The number of imidazole rings is 1. The molecule has 0 radical (unpaired) electrons. The maximum Gasteiger partial charge on any atom is 0.162 e. The van der Waals surface area contributed by atoms with Crippen LogP contribution in [0.2, 0.25) is 0 Å². The molecular weight excluding hydrogens is 174 g/mol. The van der Waals surface area contributed by atoms with Crippen LogP contribution >= 0.6 is 11.8 Å². The van der Waals surface area contributed by atoms with E-state index in [9.17, 15) is 4.79 Å². The summed E-state index contributed by atoms with van der Waals surface area (Å²) in [5.74, 6) is 1.11. The van der Waals surface area contributed by atoms with Crippen LogP contribution in [0.15, 0.2) is 11.4 Å². The molecule has 2 rings (SSSR count). The first-order valence-electron chi connectivity index (χ1n) is 3.63. The van der Waals surface area contributed by atoms with Crippen molar-refractivity contribution in [1.82, 2.24) is 9.97 Å². The summed E-state index contributed by atoms with van der Waals surface area (Å²) in [6.45, 7) is 1.60. The van der Waals surface area contributed by atoms with Gasteiger partial charge in [0.15, 0.2) is 5.78 Å². The first-order chi connectivity index (χ1) is 5.70. The molecule has 1 N–H and O–H groups in total. The summed E-state index contributed by atoms with van der Waals surface area (Å²) in [5, 5.41) is 0.817. The van der Waals surface area contributed by atoms with Crippen LogP contribution < -0.4 is 4.90 Å². The average molecular weight is 183 g/mol. The molecule has 0 aromatic carbocycles. The van der Waals surface area contributed by atoms with Crippen molar-refractivity contribution >= 4 is 23.4 Å². The molecule has 1 aromatic heterocycles. The molecule has 1 unspecified atom stereocenters. The van der Waals surface area contributed by atoms with Crippen molar-refractivity contribution in [1.29, 1.82) is 0 Å². The Morgan fingerprint density at radius 1 is 1.83 bits per heavy atom. The van der Waals surface area contributed by atoms with Gasteiger partial charge in [-0.3, -0.25) is 4.79 Å². The first-order valence-corrected chi connectivity index (χ1v) is 4.51. The van der Waals surface area contributed by atoms with Gasteiger partial charge in [0, 0.05) is 7.05 Å². The highest BCUT2D eigenvalue weighted by atomic mass is 32.2. The summed E-state index contributed by atoms with van der Waals surface area (Å²) >= 11 is 1.49. The lowest BCUT2D eigenvalue weighted by Crippen LogP contribution is -2.30. The van der Waals surface area contributed by atoms with Gasteiger partial charge in [0.1, 0.15) is 16.2 Å². The number of thioether (sulfide) groups is 1. The summed E-state index contributed by atoms with van der Waals surface area (Å²) in [5.41, 5.74) is 0. The number of rotatable bonds is 1. The molecule has 0 saturated heterocycles. The number of aromatic amines is 1. The fourth-order valence-corrected chi connectivity index (χ4v) is 2.34. The van der Waals surface area contributed by atoms with Gasteiger partial charge in [0.25, 0.3) is 0 Å². The Kier molecular flexibility index (Phi) is 1.61. The van der Waals surface area contributed by atoms with Crippen molar-refractivity contribution in [3.63, 3.8) is 0 Å². The maximum atomic E-state index is 11.1. The van der Waals surface area contributed by atoms with Gasteiger partial charge in [0.05, 0.1) is 6.33 Å². The predicted octanol–water partition coefficient (Wildman–Crippen LogP) is 0.867. The third-order valence-electron chi connectivity index (χ3n) is 1.86. The summed E-state index contributed by atoms with van der Waals surface area (Å²) in [4.78, 5) is 20.1. The molecule has 0 bridgehead atoms. The van der Waals surface area contributed by atoms with Gasteiger partial charge in [-0.25, -0.2) is 4.98 Å². The van der Waals surface area contributed by atoms with E-state index in [0.29, 0.717) is 0 Å². The number of nitrogens with one attached hydrogen (secondary N) is 1. The molecule has 0 spiro atoms. The predicted molar refractivity (Wildman–Crippen MR) is 47.3 cm³/mol. The Hall–Kier alpha value is -0.970. The van der Waals surface area contributed by atoms with Gasteiger partial charge < -0.3 is 9.88 Å². The van der Waals surface area contributed by atoms with Crippen LogP contribution in [0.3, 0.4) is 0 Å². The maximum absolute atomic E-state index is 11.1. The molecule has 0 amide bonds. The molecule has 0 aliphatic carbocycles. The Bertz CT molecular complexity index is 322. The van der Waals surface area contributed by atoms with Crippen molar-refractivity contribution in [2.75, 3.05) is 11.9 Å². The zero-order valence-electron chi connectivity index (χ0n) is 6.87. The summed E-state index contributed by atoms with van der Waals surface area (Å²) in [6.07, 6.45) is 1.64. The number of H-pyrrole nitrogens is 1. The van der Waals surface area contributed by atoms with E-state index in [1.165, 1.54) is 11.8 Å². The Morgan fingerprint density at radius 2 is 2.58 bits per heavy atom. The molecule has 64 valence electrons. The average Bonchev–Trinajstić information content (AvgIpc) is 2.53. The molecular formula is C7H9N3OS. The minimum Gasteiger partial charge on any atom is -0.340 e. The highest BCUT2D eigenvalue weighted by Gasteiger charge is 2.32. The lowest BCUT2D eigenvalue weighted by molar-refractivity contribution is -0.116. The summed E-state index contributed by atoms with van der Waals surface area (Å²) in [6, 6.07) is 0. The first kappa shape index (κ1) is 7.67. The van der Waals surface area contributed by atoms with Crippen molar-refractivity contribution in [2.24, 2.45) is 0 Å². The van der Waals surface area contributed by atoms with Crippen molar-refractivity contribution in [3.05, 3.63) is 6.33 Å². The van der Waals surface area contributed by atoms with E-state index in [1.807, 2.05) is 11.9 Å². The number of hydrogen-bond donors (Lipinski definition) is 1. The van der Waals surface area contributed by atoms with Crippen LogP contribution in [0.4, 0.5) is 5.82 Å². The molecule has 0 fully saturated rings. The van der Waals surface area contributed by atoms with E-state index in [4.69, 9.17) is 0 Å². The third-order valence-corrected chi connectivity index (χ3v) is 3.25. The number of fused-ring (bicyclic) bond motifs is 1. The zero-order valence-corrected chi connectivity index (χ0v) is 7.68. The number of Topliss-reactive ketones (excluding diaryl/α,β-unsaturated/α-hetero) is 1. The highest BCUT2D eigenvalue weighted by molar-refractivity contribution is 8.01. The van der Waals surface area contributed by atoms with E-state index in [1.54, 1.807) is 13.3 Å². The minimum absolute atomic E-state index is 0.0973. The molecule has 12 heavy (non-hydrogen) atoms. The second-order valence-electron chi connectivity index (χ2n) is 2.75. The van der Waals surface area contributed by atoms with Crippen LogP contribution in [0.5, 0.6) is 0 Å². The van der Waals surface area contributed by atoms with Gasteiger partial charge in [0.2, 0.25) is 0 Å². The van der Waals surface area contributed by atoms with E-state index in [0.717, 1.165) is 10.8 Å². The quantitative estimate of drug-likeness (QED) is 0.701. The van der Waals surface area contributed by atoms with Gasteiger partial charge in [-0.05, 0) is 6.92 Å². The number of hydrogen-bond acceptors (Lipinski definition) is 4. The fourth-order valence-electron chi connectivity index (χ4n) is 1.27. The normalized spacial score (nSPS) is 21.2. The number of carbonyl (C=O) groups excluding carboxylic acids is 1. The molecule has 1 aliphatic rings. The van der Waals surface area contributed by atoms with Crippen molar-refractivity contribution in [3.8, 4) is 0 Å². The van der Waals surface area contributed by atoms with Crippen molar-refractivity contribution < 1.29 is 4.79 Å². The van der Waals surface area contributed by atoms with Crippen molar-refractivity contribution in [2.45, 2.75) is 17.3 Å². The Balaban J connectivity index is 2.32. The standard InChI is InChI=1S/C7H9N3OS/c1-4(11)7-10(2)5-6(12-7)9-3-8-5/h3,7H,1-2H3,(H,8,9). The van der Waals surface area contributed by atoms with Crippen LogP contribution in [0.25, 0.3) is 0 Å². The van der Waals surface area contributed by atoms with Gasteiger partial charge in [-0.2, -0.15) is 0 Å². The topological polar surface area (TPSA) is 49.0 Å².